The van der Waals surface area contributed by atoms with E-state index in [9.17, 15) is 14.7 Å². The van der Waals surface area contributed by atoms with Gasteiger partial charge >= 0.3 is 5.97 Å². The number of aliphatic hydroxyl groups is 1. The molecule has 84 valence electrons. The Balaban J connectivity index is 3.05. The molecule has 16 heavy (non-hydrogen) atoms. The van der Waals surface area contributed by atoms with Crippen molar-refractivity contribution in [3.05, 3.63) is 39.9 Å². The van der Waals surface area contributed by atoms with Gasteiger partial charge in [-0.25, -0.2) is 4.79 Å². The molecule has 0 bridgehead atoms. The number of ketones is 1. The fourth-order valence-electron chi connectivity index (χ4n) is 0.925. The predicted octanol–water partition coefficient (Wildman–Crippen LogP) is 2.55. The van der Waals surface area contributed by atoms with Crippen LogP contribution in [0.1, 0.15) is 5.56 Å². The summed E-state index contributed by atoms with van der Waals surface area (Å²) in [6.07, 6.45) is 0.599. The van der Waals surface area contributed by atoms with E-state index < -0.39 is 17.5 Å². The van der Waals surface area contributed by atoms with E-state index in [0.717, 1.165) is 0 Å². The lowest BCUT2D eigenvalue weighted by molar-refractivity contribution is -0.146. The number of rotatable bonds is 3. The molecule has 0 unspecified atom stereocenters. The van der Waals surface area contributed by atoms with Crippen molar-refractivity contribution in [1.82, 2.24) is 0 Å². The number of aliphatic carboxylic acids is 1. The van der Waals surface area contributed by atoms with Gasteiger partial charge in [-0.05, 0) is 18.2 Å². The summed E-state index contributed by atoms with van der Waals surface area (Å²) in [6.45, 7) is 0. The minimum Gasteiger partial charge on any atom is -0.507 e. The average molecular weight is 261 g/mol. The minimum absolute atomic E-state index is 0.196. The van der Waals surface area contributed by atoms with E-state index >= 15 is 0 Å². The van der Waals surface area contributed by atoms with Crippen molar-refractivity contribution in [2.45, 2.75) is 0 Å². The second-order valence-electron chi connectivity index (χ2n) is 2.83. The summed E-state index contributed by atoms with van der Waals surface area (Å²) in [4.78, 5) is 21.0. The SMILES string of the molecule is O=C(O)C(=O)/C=C(\O)c1ccc(Cl)c(Cl)c1. The standard InChI is InChI=1S/C10H6Cl2O4/c11-6-2-1-5(3-7(6)12)8(13)4-9(14)10(15)16/h1-4,13H,(H,15,16)/b8-4-. The Kier molecular flexibility index (Phi) is 3.93. The Morgan fingerprint density at radius 3 is 2.25 bits per heavy atom. The van der Waals surface area contributed by atoms with E-state index in [2.05, 4.69) is 0 Å². The van der Waals surface area contributed by atoms with Crippen LogP contribution in [0.5, 0.6) is 0 Å². The summed E-state index contributed by atoms with van der Waals surface area (Å²) >= 11 is 11.3. The molecule has 0 fully saturated rings. The third-order valence-corrected chi connectivity index (χ3v) is 2.43. The van der Waals surface area contributed by atoms with Crippen LogP contribution in [-0.4, -0.2) is 22.0 Å². The van der Waals surface area contributed by atoms with Gasteiger partial charge in [0.2, 0.25) is 0 Å². The maximum atomic E-state index is 10.8. The van der Waals surface area contributed by atoms with Crippen molar-refractivity contribution < 1.29 is 19.8 Å². The first kappa shape index (κ1) is 12.5. The number of carbonyl (C=O) groups is 2. The molecule has 0 saturated heterocycles. The fraction of sp³-hybridized carbons (Fsp3) is 0. The van der Waals surface area contributed by atoms with Crippen molar-refractivity contribution in [1.29, 1.82) is 0 Å². The lowest BCUT2D eigenvalue weighted by atomic mass is 10.1. The second-order valence-corrected chi connectivity index (χ2v) is 3.64. The monoisotopic (exact) mass is 260 g/mol. The van der Waals surface area contributed by atoms with Crippen LogP contribution >= 0.6 is 23.2 Å². The third kappa shape index (κ3) is 2.98. The Bertz CT molecular complexity index is 480. The van der Waals surface area contributed by atoms with E-state index in [-0.39, 0.29) is 10.6 Å². The van der Waals surface area contributed by atoms with E-state index in [1.165, 1.54) is 18.2 Å². The highest BCUT2D eigenvalue weighted by atomic mass is 35.5. The highest BCUT2D eigenvalue weighted by Crippen LogP contribution is 2.25. The topological polar surface area (TPSA) is 74.6 Å². The van der Waals surface area contributed by atoms with Gasteiger partial charge in [0.05, 0.1) is 10.0 Å². The van der Waals surface area contributed by atoms with Gasteiger partial charge in [-0.1, -0.05) is 23.2 Å². The van der Waals surface area contributed by atoms with Crippen LogP contribution in [-0.2, 0) is 9.59 Å². The normalized spacial score (nSPS) is 11.2. The van der Waals surface area contributed by atoms with E-state index in [4.69, 9.17) is 28.3 Å². The summed E-state index contributed by atoms with van der Waals surface area (Å²) in [5, 5.41) is 18.2. The molecule has 0 spiro atoms. The summed E-state index contributed by atoms with van der Waals surface area (Å²) < 4.78 is 0. The molecule has 1 aromatic rings. The predicted molar refractivity (Wildman–Crippen MR) is 59.7 cm³/mol. The van der Waals surface area contributed by atoms with Gasteiger partial charge in [0.25, 0.3) is 5.78 Å². The van der Waals surface area contributed by atoms with Crippen molar-refractivity contribution >= 4 is 40.7 Å². The Morgan fingerprint density at radius 2 is 1.75 bits per heavy atom. The van der Waals surface area contributed by atoms with Gasteiger partial charge in [-0.15, -0.1) is 0 Å². The molecule has 0 aliphatic heterocycles. The maximum absolute atomic E-state index is 10.8. The van der Waals surface area contributed by atoms with Gasteiger partial charge in [-0.3, -0.25) is 4.79 Å². The lowest BCUT2D eigenvalue weighted by Crippen LogP contribution is -2.09. The number of carbonyl (C=O) groups excluding carboxylic acids is 1. The van der Waals surface area contributed by atoms with Gasteiger partial charge < -0.3 is 10.2 Å². The molecular formula is C10H6Cl2O4. The second kappa shape index (κ2) is 5.01. The van der Waals surface area contributed by atoms with Crippen LogP contribution in [0.25, 0.3) is 5.76 Å². The summed E-state index contributed by atoms with van der Waals surface area (Å²) in [5.74, 6) is -3.35. The molecule has 0 amide bonds. The number of benzene rings is 1. The summed E-state index contributed by atoms with van der Waals surface area (Å²) in [5.41, 5.74) is 0.212. The fourth-order valence-corrected chi connectivity index (χ4v) is 1.22. The van der Waals surface area contributed by atoms with Gasteiger partial charge in [0.1, 0.15) is 5.76 Å². The first-order valence-electron chi connectivity index (χ1n) is 4.05. The van der Waals surface area contributed by atoms with Crippen LogP contribution in [0, 0.1) is 0 Å². The zero-order chi connectivity index (χ0) is 12.3. The van der Waals surface area contributed by atoms with Gasteiger partial charge in [0, 0.05) is 11.6 Å². The molecule has 6 heteroatoms. The molecule has 0 aromatic heterocycles. The number of carboxylic acids is 1. The quantitative estimate of drug-likeness (QED) is 0.498. The molecular weight excluding hydrogens is 255 g/mol. The minimum atomic E-state index is -1.65. The molecule has 0 saturated carbocycles. The Hall–Kier alpha value is -1.52. The number of hydrogen-bond donors (Lipinski definition) is 2. The lowest BCUT2D eigenvalue weighted by Gasteiger charge is -2.01. The van der Waals surface area contributed by atoms with E-state index in [1.54, 1.807) is 0 Å². The zero-order valence-electron chi connectivity index (χ0n) is 7.78. The van der Waals surface area contributed by atoms with Crippen LogP contribution < -0.4 is 0 Å². The van der Waals surface area contributed by atoms with Crippen LogP contribution in [0.3, 0.4) is 0 Å². The van der Waals surface area contributed by atoms with E-state index in [0.29, 0.717) is 11.1 Å². The first-order chi connectivity index (χ1) is 7.41. The number of aliphatic hydroxyl groups excluding tert-OH is 1. The molecule has 1 rings (SSSR count). The first-order valence-corrected chi connectivity index (χ1v) is 4.80. The molecule has 4 nitrogen and oxygen atoms in total. The van der Waals surface area contributed by atoms with Crippen molar-refractivity contribution in [3.63, 3.8) is 0 Å². The molecule has 0 atom stereocenters. The van der Waals surface area contributed by atoms with Crippen molar-refractivity contribution in [2.75, 3.05) is 0 Å². The van der Waals surface area contributed by atoms with Crippen molar-refractivity contribution in [2.24, 2.45) is 0 Å². The Morgan fingerprint density at radius 1 is 1.12 bits per heavy atom. The number of carboxylic acid groups (broad SMARTS) is 1. The van der Waals surface area contributed by atoms with Gasteiger partial charge in [0.15, 0.2) is 0 Å². The van der Waals surface area contributed by atoms with Crippen LogP contribution in [0.2, 0.25) is 10.0 Å². The highest BCUT2D eigenvalue weighted by Gasteiger charge is 2.11. The Labute approximate surface area is 101 Å². The van der Waals surface area contributed by atoms with Crippen molar-refractivity contribution in [3.8, 4) is 0 Å². The van der Waals surface area contributed by atoms with Gasteiger partial charge in [-0.2, -0.15) is 0 Å². The molecule has 0 radical (unpaired) electrons. The smallest absolute Gasteiger partial charge is 0.376 e. The largest absolute Gasteiger partial charge is 0.507 e. The summed E-state index contributed by atoms with van der Waals surface area (Å²) in [6, 6.07) is 4.16. The molecule has 0 aliphatic rings. The maximum Gasteiger partial charge on any atom is 0.376 e. The molecule has 1 aromatic carbocycles. The summed E-state index contributed by atoms with van der Waals surface area (Å²) in [7, 11) is 0. The van der Waals surface area contributed by atoms with Crippen LogP contribution in [0.15, 0.2) is 24.3 Å². The third-order valence-electron chi connectivity index (χ3n) is 1.69. The zero-order valence-corrected chi connectivity index (χ0v) is 9.29. The number of halogens is 2. The van der Waals surface area contributed by atoms with E-state index in [1.807, 2.05) is 0 Å². The average Bonchev–Trinajstić information content (AvgIpc) is 2.21. The molecule has 2 N–H and O–H groups in total. The molecule has 0 aliphatic carbocycles. The molecule has 0 heterocycles. The van der Waals surface area contributed by atoms with Crippen LogP contribution in [0.4, 0.5) is 0 Å². The number of hydrogen-bond acceptors (Lipinski definition) is 3. The highest BCUT2D eigenvalue weighted by molar-refractivity contribution is 6.42.